The van der Waals surface area contributed by atoms with Crippen molar-refractivity contribution in [3.05, 3.63) is 51.4 Å². The molecule has 0 aliphatic rings. The van der Waals surface area contributed by atoms with Gasteiger partial charge in [0.15, 0.2) is 5.16 Å². The largest absolute Gasteiger partial charge is 0.325 e. The Kier molecular flexibility index (Phi) is 6.82. The van der Waals surface area contributed by atoms with Gasteiger partial charge in [0.1, 0.15) is 0 Å². The van der Waals surface area contributed by atoms with Gasteiger partial charge in [0, 0.05) is 17.4 Å². The van der Waals surface area contributed by atoms with Gasteiger partial charge in [-0.25, -0.2) is 4.98 Å². The van der Waals surface area contributed by atoms with Crippen LogP contribution in [0.5, 0.6) is 0 Å². The van der Waals surface area contributed by atoms with Crippen LogP contribution in [-0.2, 0) is 17.6 Å². The second-order valence-corrected chi connectivity index (χ2v) is 7.33. The molecular formula is C19H25N3O2S. The average Bonchev–Trinajstić information content (AvgIpc) is 2.56. The van der Waals surface area contributed by atoms with Crippen molar-refractivity contribution in [2.24, 2.45) is 0 Å². The fourth-order valence-electron chi connectivity index (χ4n) is 2.57. The number of rotatable bonds is 7. The molecule has 0 saturated carbocycles. The highest BCUT2D eigenvalue weighted by Crippen LogP contribution is 2.24. The number of hydrogen-bond donors (Lipinski definition) is 2. The van der Waals surface area contributed by atoms with Gasteiger partial charge in [-0.3, -0.25) is 9.59 Å². The number of H-pyrrole nitrogens is 1. The number of thioether (sulfide) groups is 1. The first-order chi connectivity index (χ1) is 11.9. The number of nitrogens with zero attached hydrogens (tertiary/aromatic N) is 1. The number of benzene rings is 1. The van der Waals surface area contributed by atoms with Crippen molar-refractivity contribution in [2.45, 2.75) is 57.4 Å². The molecule has 1 aromatic carbocycles. The summed E-state index contributed by atoms with van der Waals surface area (Å²) in [7, 11) is 0. The predicted molar refractivity (Wildman–Crippen MR) is 103 cm³/mol. The minimum absolute atomic E-state index is 0.0995. The Bertz CT molecular complexity index is 801. The molecule has 0 spiro atoms. The molecule has 1 amide bonds. The van der Waals surface area contributed by atoms with Gasteiger partial charge in [0.05, 0.1) is 5.25 Å². The van der Waals surface area contributed by atoms with E-state index in [1.807, 2.05) is 39.0 Å². The number of amides is 1. The summed E-state index contributed by atoms with van der Waals surface area (Å²) >= 11 is 1.27. The molecular weight excluding hydrogens is 334 g/mol. The monoisotopic (exact) mass is 359 g/mol. The molecule has 0 radical (unpaired) electrons. The second kappa shape index (κ2) is 8.85. The van der Waals surface area contributed by atoms with E-state index in [1.54, 1.807) is 0 Å². The molecule has 25 heavy (non-hydrogen) atoms. The Morgan fingerprint density at radius 3 is 2.80 bits per heavy atom. The topological polar surface area (TPSA) is 74.8 Å². The van der Waals surface area contributed by atoms with Gasteiger partial charge in [-0.2, -0.15) is 0 Å². The van der Waals surface area contributed by atoms with E-state index in [9.17, 15) is 9.59 Å². The van der Waals surface area contributed by atoms with E-state index in [-0.39, 0.29) is 16.7 Å². The van der Waals surface area contributed by atoms with Crippen LogP contribution in [0.4, 0.5) is 5.69 Å². The summed E-state index contributed by atoms with van der Waals surface area (Å²) in [6.45, 7) is 7.91. The zero-order valence-corrected chi connectivity index (χ0v) is 16.0. The first-order valence-electron chi connectivity index (χ1n) is 8.60. The smallest absolute Gasteiger partial charge is 0.251 e. The fraction of sp³-hybridized carbons (Fsp3) is 0.421. The standard InChI is InChI=1S/C19H25N3O2S/c1-5-8-15-11-16(23)21-19(20-15)25-13(4)18(24)22-17-12(3)9-7-10-14(17)6-2/h7,9-11,13H,5-6,8H2,1-4H3,(H,22,24)(H,20,21,23)/t13-/m0/s1. The van der Waals surface area contributed by atoms with Crippen LogP contribution in [0.3, 0.4) is 0 Å². The number of carbonyl (C=O) groups excluding carboxylic acids is 1. The van der Waals surface area contributed by atoms with Gasteiger partial charge in [0.25, 0.3) is 5.56 Å². The molecule has 6 heteroatoms. The summed E-state index contributed by atoms with van der Waals surface area (Å²) in [4.78, 5) is 31.5. The van der Waals surface area contributed by atoms with Crippen molar-refractivity contribution < 1.29 is 4.79 Å². The van der Waals surface area contributed by atoms with Crippen LogP contribution in [0.2, 0.25) is 0 Å². The first-order valence-corrected chi connectivity index (χ1v) is 9.48. The third-order valence-corrected chi connectivity index (χ3v) is 4.91. The number of nitrogens with one attached hydrogen (secondary N) is 2. The second-order valence-electron chi connectivity index (χ2n) is 6.00. The molecule has 2 rings (SSSR count). The van der Waals surface area contributed by atoms with Gasteiger partial charge in [-0.1, -0.05) is 50.2 Å². The van der Waals surface area contributed by atoms with Crippen molar-refractivity contribution in [3.8, 4) is 0 Å². The van der Waals surface area contributed by atoms with Gasteiger partial charge in [-0.05, 0) is 37.8 Å². The minimum atomic E-state index is -0.371. The van der Waals surface area contributed by atoms with Crippen LogP contribution in [0, 0.1) is 6.92 Å². The van der Waals surface area contributed by atoms with E-state index in [4.69, 9.17) is 0 Å². The Hall–Kier alpha value is -2.08. The lowest BCUT2D eigenvalue weighted by Gasteiger charge is -2.16. The van der Waals surface area contributed by atoms with E-state index in [0.29, 0.717) is 5.16 Å². The van der Waals surface area contributed by atoms with Crippen LogP contribution >= 0.6 is 11.8 Å². The zero-order chi connectivity index (χ0) is 18.4. The van der Waals surface area contributed by atoms with Crippen molar-refractivity contribution >= 4 is 23.4 Å². The minimum Gasteiger partial charge on any atom is -0.325 e. The van der Waals surface area contributed by atoms with E-state index < -0.39 is 0 Å². The first kappa shape index (κ1) is 19.2. The maximum atomic E-state index is 12.6. The molecule has 1 atom stereocenters. The van der Waals surface area contributed by atoms with Gasteiger partial charge < -0.3 is 10.3 Å². The normalized spacial score (nSPS) is 12.0. The maximum absolute atomic E-state index is 12.6. The highest BCUT2D eigenvalue weighted by molar-refractivity contribution is 8.00. The molecule has 1 heterocycles. The highest BCUT2D eigenvalue weighted by atomic mass is 32.2. The van der Waals surface area contributed by atoms with Crippen molar-refractivity contribution in [3.63, 3.8) is 0 Å². The van der Waals surface area contributed by atoms with E-state index >= 15 is 0 Å². The lowest BCUT2D eigenvalue weighted by Crippen LogP contribution is -2.24. The van der Waals surface area contributed by atoms with Crippen molar-refractivity contribution in [1.82, 2.24) is 9.97 Å². The quantitative estimate of drug-likeness (QED) is 0.584. The molecule has 134 valence electrons. The zero-order valence-electron chi connectivity index (χ0n) is 15.2. The molecule has 2 N–H and O–H groups in total. The number of anilines is 1. The number of carbonyl (C=O) groups is 1. The maximum Gasteiger partial charge on any atom is 0.251 e. The predicted octanol–water partition coefficient (Wildman–Crippen LogP) is 3.71. The van der Waals surface area contributed by atoms with Crippen LogP contribution in [-0.4, -0.2) is 21.1 Å². The SMILES string of the molecule is CCCc1cc(=O)[nH]c(S[C@@H](C)C(=O)Nc2c(C)cccc2CC)n1. The van der Waals surface area contributed by atoms with Crippen molar-refractivity contribution in [2.75, 3.05) is 5.32 Å². The summed E-state index contributed by atoms with van der Waals surface area (Å²) in [5.41, 5.74) is 3.61. The Morgan fingerprint density at radius 2 is 2.12 bits per heavy atom. The van der Waals surface area contributed by atoms with Crippen molar-refractivity contribution in [1.29, 1.82) is 0 Å². The van der Waals surface area contributed by atoms with Gasteiger partial charge >= 0.3 is 0 Å². The highest BCUT2D eigenvalue weighted by Gasteiger charge is 2.18. The molecule has 0 aliphatic heterocycles. The number of hydrogen-bond acceptors (Lipinski definition) is 4. The van der Waals surface area contributed by atoms with Gasteiger partial charge in [0.2, 0.25) is 5.91 Å². The van der Waals surface area contributed by atoms with E-state index in [1.165, 1.54) is 17.8 Å². The molecule has 0 bridgehead atoms. The molecule has 5 nitrogen and oxygen atoms in total. The fourth-order valence-corrected chi connectivity index (χ4v) is 3.40. The summed E-state index contributed by atoms with van der Waals surface area (Å²) in [6, 6.07) is 7.52. The molecule has 1 aromatic heterocycles. The number of aromatic amines is 1. The Balaban J connectivity index is 2.12. The third kappa shape index (κ3) is 5.19. The number of aromatic nitrogens is 2. The lowest BCUT2D eigenvalue weighted by molar-refractivity contribution is -0.115. The molecule has 2 aromatic rings. The van der Waals surface area contributed by atoms with Crippen LogP contribution in [0.15, 0.2) is 34.2 Å². The Labute approximate surface area is 152 Å². The molecule has 0 fully saturated rings. The molecule has 0 aliphatic carbocycles. The summed E-state index contributed by atoms with van der Waals surface area (Å²) in [5, 5.41) is 3.14. The number of aryl methyl sites for hydroxylation is 3. The summed E-state index contributed by atoms with van der Waals surface area (Å²) in [5.74, 6) is -0.0995. The average molecular weight is 359 g/mol. The van der Waals surface area contributed by atoms with E-state index in [2.05, 4.69) is 22.2 Å². The van der Waals surface area contributed by atoms with E-state index in [0.717, 1.165) is 41.8 Å². The van der Waals surface area contributed by atoms with Crippen LogP contribution in [0.25, 0.3) is 0 Å². The third-order valence-electron chi connectivity index (χ3n) is 3.92. The Morgan fingerprint density at radius 1 is 1.36 bits per heavy atom. The number of para-hydroxylation sites is 1. The molecule has 0 saturated heterocycles. The van der Waals surface area contributed by atoms with Crippen LogP contribution in [0.1, 0.15) is 44.0 Å². The molecule has 0 unspecified atom stereocenters. The summed E-state index contributed by atoms with van der Waals surface area (Å²) < 4.78 is 0. The summed E-state index contributed by atoms with van der Waals surface area (Å²) in [6.07, 6.45) is 2.53. The van der Waals surface area contributed by atoms with Crippen LogP contribution < -0.4 is 10.9 Å². The lowest BCUT2D eigenvalue weighted by atomic mass is 10.1. The van der Waals surface area contributed by atoms with Gasteiger partial charge in [-0.15, -0.1) is 0 Å².